The number of carbonyl (C=O) groups is 1. The Morgan fingerprint density at radius 2 is 2.44 bits per heavy atom. The molecule has 6 heteroatoms. The van der Waals surface area contributed by atoms with Gasteiger partial charge in [0.05, 0.1) is 18.7 Å². The van der Waals surface area contributed by atoms with Crippen molar-refractivity contribution in [3.63, 3.8) is 0 Å². The van der Waals surface area contributed by atoms with Gasteiger partial charge in [-0.15, -0.1) is 0 Å². The van der Waals surface area contributed by atoms with Crippen molar-refractivity contribution >= 4 is 11.8 Å². The van der Waals surface area contributed by atoms with Crippen molar-refractivity contribution in [2.24, 2.45) is 4.99 Å². The van der Waals surface area contributed by atoms with Crippen LogP contribution < -0.4 is 5.32 Å². The number of aromatic carboxylic acids is 1. The molecule has 1 aliphatic heterocycles. The summed E-state index contributed by atoms with van der Waals surface area (Å²) in [7, 11) is 1.55. The molecule has 0 spiro atoms. The fourth-order valence-electron chi connectivity index (χ4n) is 1.80. The van der Waals surface area contributed by atoms with Crippen LogP contribution in [-0.2, 0) is 11.3 Å². The number of nitrogens with one attached hydrogen (secondary N) is 1. The molecule has 0 bridgehead atoms. The third-order valence-electron chi connectivity index (χ3n) is 2.62. The number of rotatable bonds is 4. The van der Waals surface area contributed by atoms with Crippen molar-refractivity contribution in [1.29, 1.82) is 0 Å². The molecule has 0 radical (unpaired) electrons. The first-order valence-electron chi connectivity index (χ1n) is 5.64. The Labute approximate surface area is 105 Å². The Bertz CT molecular complexity index is 499. The Morgan fingerprint density at radius 1 is 1.67 bits per heavy atom. The summed E-state index contributed by atoms with van der Waals surface area (Å²) >= 11 is 0. The molecule has 1 atom stereocenters. The third-order valence-corrected chi connectivity index (χ3v) is 2.62. The predicted molar refractivity (Wildman–Crippen MR) is 65.9 cm³/mol. The molecule has 2 rings (SSSR count). The number of carboxylic acids is 1. The topological polar surface area (TPSA) is 83.8 Å². The maximum atomic E-state index is 11.3. The lowest BCUT2D eigenvalue weighted by atomic mass is 10.1. The van der Waals surface area contributed by atoms with Gasteiger partial charge >= 0.3 is 5.97 Å². The first kappa shape index (κ1) is 12.5. The van der Waals surface area contributed by atoms with Crippen LogP contribution in [0.1, 0.15) is 28.5 Å². The summed E-state index contributed by atoms with van der Waals surface area (Å²) in [6.45, 7) is 2.95. The van der Waals surface area contributed by atoms with E-state index in [9.17, 15) is 9.90 Å². The molecule has 6 nitrogen and oxygen atoms in total. The van der Waals surface area contributed by atoms with Crippen LogP contribution in [0, 0.1) is 0 Å². The van der Waals surface area contributed by atoms with Crippen LogP contribution >= 0.6 is 0 Å². The van der Waals surface area contributed by atoms with E-state index >= 15 is 0 Å². The van der Waals surface area contributed by atoms with E-state index in [0.717, 1.165) is 5.56 Å². The first-order chi connectivity index (χ1) is 8.61. The van der Waals surface area contributed by atoms with Gasteiger partial charge in [-0.25, -0.2) is 4.79 Å². The zero-order valence-electron chi connectivity index (χ0n) is 10.3. The minimum absolute atomic E-state index is 0.143. The smallest absolute Gasteiger partial charge is 0.338 e. The Morgan fingerprint density at radius 3 is 3.00 bits per heavy atom. The number of carboxylic acid groups (broad SMARTS) is 1. The molecule has 0 aromatic carbocycles. The van der Waals surface area contributed by atoms with Crippen LogP contribution in [0.15, 0.2) is 17.3 Å². The lowest BCUT2D eigenvalue weighted by Crippen LogP contribution is -2.29. The molecule has 1 aliphatic rings. The van der Waals surface area contributed by atoms with Gasteiger partial charge in [0, 0.05) is 19.3 Å². The van der Waals surface area contributed by atoms with E-state index in [1.54, 1.807) is 19.4 Å². The van der Waals surface area contributed by atoms with Gasteiger partial charge < -0.3 is 15.2 Å². The highest BCUT2D eigenvalue weighted by Crippen LogP contribution is 2.13. The van der Waals surface area contributed by atoms with Gasteiger partial charge in [0.2, 0.25) is 0 Å². The predicted octanol–water partition coefficient (Wildman–Crippen LogP) is 0.665. The Balaban J connectivity index is 2.38. The van der Waals surface area contributed by atoms with E-state index in [1.807, 2.05) is 6.92 Å². The molecule has 0 fully saturated rings. The number of methoxy groups -OCH3 is 1. The highest BCUT2D eigenvalue weighted by atomic mass is 16.5. The van der Waals surface area contributed by atoms with E-state index < -0.39 is 5.97 Å². The van der Waals surface area contributed by atoms with E-state index in [0.29, 0.717) is 24.7 Å². The maximum absolute atomic E-state index is 11.3. The number of amidine groups is 1. The van der Waals surface area contributed by atoms with Gasteiger partial charge in [-0.3, -0.25) is 9.98 Å². The molecule has 0 amide bonds. The summed E-state index contributed by atoms with van der Waals surface area (Å²) < 4.78 is 4.97. The van der Waals surface area contributed by atoms with E-state index in [4.69, 9.17) is 4.74 Å². The highest BCUT2D eigenvalue weighted by molar-refractivity contribution is 6.06. The summed E-state index contributed by atoms with van der Waals surface area (Å²) in [5.41, 5.74) is 1.25. The van der Waals surface area contributed by atoms with E-state index in [-0.39, 0.29) is 11.6 Å². The van der Waals surface area contributed by atoms with Gasteiger partial charge in [0.1, 0.15) is 11.5 Å². The SMILES string of the molecule is COCc1cnc(C2=NCC(C)N2)c(C(=O)O)c1. The van der Waals surface area contributed by atoms with Crippen LogP contribution in [-0.4, -0.2) is 41.6 Å². The standard InChI is InChI=1S/C12H15N3O3/c1-7-4-14-11(15-7)10-9(12(16)17)3-8(5-13-10)6-18-2/h3,5,7H,4,6H2,1-2H3,(H,14,15)(H,16,17). The van der Waals surface area contributed by atoms with E-state index in [1.165, 1.54) is 0 Å². The number of nitrogens with zero attached hydrogens (tertiary/aromatic N) is 2. The zero-order valence-corrected chi connectivity index (χ0v) is 10.3. The fraction of sp³-hybridized carbons (Fsp3) is 0.417. The third kappa shape index (κ3) is 2.48. The van der Waals surface area contributed by atoms with Crippen LogP contribution in [0.4, 0.5) is 0 Å². The van der Waals surface area contributed by atoms with Crippen molar-refractivity contribution in [2.45, 2.75) is 19.6 Å². The summed E-state index contributed by atoms with van der Waals surface area (Å²) in [5.74, 6) is -0.469. The second-order valence-corrected chi connectivity index (χ2v) is 4.21. The molecule has 96 valence electrons. The van der Waals surface area contributed by atoms with Crippen LogP contribution in [0.3, 0.4) is 0 Å². The largest absolute Gasteiger partial charge is 0.478 e. The quantitative estimate of drug-likeness (QED) is 0.819. The summed E-state index contributed by atoms with van der Waals surface area (Å²) in [6.07, 6.45) is 1.61. The summed E-state index contributed by atoms with van der Waals surface area (Å²) in [5, 5.41) is 12.3. The average Bonchev–Trinajstić information content (AvgIpc) is 2.76. The minimum Gasteiger partial charge on any atom is -0.478 e. The van der Waals surface area contributed by atoms with Crippen LogP contribution in [0.5, 0.6) is 0 Å². The number of aliphatic imine (C=N–C) groups is 1. The van der Waals surface area contributed by atoms with Crippen molar-refractivity contribution in [1.82, 2.24) is 10.3 Å². The number of ether oxygens (including phenoxy) is 1. The van der Waals surface area contributed by atoms with Crippen LogP contribution in [0.25, 0.3) is 0 Å². The minimum atomic E-state index is -1.01. The maximum Gasteiger partial charge on any atom is 0.338 e. The summed E-state index contributed by atoms with van der Waals surface area (Å²) in [4.78, 5) is 19.7. The molecule has 18 heavy (non-hydrogen) atoms. The lowest BCUT2D eigenvalue weighted by molar-refractivity contribution is 0.0695. The average molecular weight is 249 g/mol. The number of aromatic nitrogens is 1. The Kier molecular flexibility index (Phi) is 3.57. The Hall–Kier alpha value is -1.95. The lowest BCUT2D eigenvalue weighted by Gasteiger charge is -2.09. The van der Waals surface area contributed by atoms with Crippen molar-refractivity contribution in [2.75, 3.05) is 13.7 Å². The van der Waals surface area contributed by atoms with Gasteiger partial charge in [0.25, 0.3) is 0 Å². The second kappa shape index (κ2) is 5.14. The molecule has 1 aromatic heterocycles. The van der Waals surface area contributed by atoms with Gasteiger partial charge in [0.15, 0.2) is 0 Å². The molecule has 2 N–H and O–H groups in total. The first-order valence-corrected chi connectivity index (χ1v) is 5.64. The molecule has 1 aromatic rings. The van der Waals surface area contributed by atoms with Gasteiger partial charge in [-0.1, -0.05) is 0 Å². The van der Waals surface area contributed by atoms with Crippen LogP contribution in [0.2, 0.25) is 0 Å². The number of pyridine rings is 1. The molecule has 2 heterocycles. The highest BCUT2D eigenvalue weighted by Gasteiger charge is 2.21. The summed E-state index contributed by atoms with van der Waals surface area (Å²) in [6, 6.07) is 1.78. The molecular formula is C12H15N3O3. The number of hydrogen-bond acceptors (Lipinski definition) is 5. The van der Waals surface area contributed by atoms with Gasteiger partial charge in [-0.05, 0) is 18.6 Å². The zero-order chi connectivity index (χ0) is 13.1. The van der Waals surface area contributed by atoms with Crippen molar-refractivity contribution in [3.05, 3.63) is 29.1 Å². The second-order valence-electron chi connectivity index (χ2n) is 4.21. The normalized spacial score (nSPS) is 18.3. The molecule has 0 saturated heterocycles. The number of hydrogen-bond donors (Lipinski definition) is 2. The monoisotopic (exact) mass is 249 g/mol. The van der Waals surface area contributed by atoms with E-state index in [2.05, 4.69) is 15.3 Å². The molecule has 0 saturated carbocycles. The van der Waals surface area contributed by atoms with Gasteiger partial charge in [-0.2, -0.15) is 0 Å². The van der Waals surface area contributed by atoms with Crippen molar-refractivity contribution in [3.8, 4) is 0 Å². The molecular weight excluding hydrogens is 234 g/mol. The molecule has 0 aliphatic carbocycles. The van der Waals surface area contributed by atoms with Crippen molar-refractivity contribution < 1.29 is 14.6 Å². The fourth-order valence-corrected chi connectivity index (χ4v) is 1.80. The molecule has 1 unspecified atom stereocenters.